The Hall–Kier alpha value is -2.96. The Morgan fingerprint density at radius 1 is 0.919 bits per heavy atom. The van der Waals surface area contributed by atoms with Gasteiger partial charge in [-0.15, -0.1) is 0 Å². The zero-order valence-electron chi connectivity index (χ0n) is 22.7. The highest BCUT2D eigenvalue weighted by molar-refractivity contribution is 5.94. The van der Waals surface area contributed by atoms with E-state index in [2.05, 4.69) is 6.92 Å². The van der Waals surface area contributed by atoms with Crippen LogP contribution in [0.15, 0.2) is 40.9 Å². The summed E-state index contributed by atoms with van der Waals surface area (Å²) in [4.78, 5) is 24.3. The van der Waals surface area contributed by atoms with E-state index in [1.165, 1.54) is 6.92 Å². The summed E-state index contributed by atoms with van der Waals surface area (Å²) in [6.45, 7) is 7.13. The van der Waals surface area contributed by atoms with E-state index in [1.54, 1.807) is 0 Å². The fourth-order valence-electron chi connectivity index (χ4n) is 5.28. The van der Waals surface area contributed by atoms with Crippen LogP contribution >= 0.6 is 0 Å². The van der Waals surface area contributed by atoms with Crippen LogP contribution in [0.2, 0.25) is 0 Å². The third-order valence-corrected chi connectivity index (χ3v) is 7.40. The van der Waals surface area contributed by atoms with E-state index in [0.29, 0.717) is 62.6 Å². The van der Waals surface area contributed by atoms with Crippen molar-refractivity contribution in [1.82, 2.24) is 0 Å². The molecule has 0 unspecified atom stereocenters. The molecule has 2 aliphatic rings. The van der Waals surface area contributed by atoms with Gasteiger partial charge in [0.05, 0.1) is 25.2 Å². The molecule has 7 heteroatoms. The van der Waals surface area contributed by atoms with Crippen molar-refractivity contribution in [2.75, 3.05) is 19.8 Å². The van der Waals surface area contributed by atoms with Crippen LogP contribution in [0.3, 0.4) is 0 Å². The third kappa shape index (κ3) is 7.08. The lowest BCUT2D eigenvalue weighted by atomic mass is 9.78. The van der Waals surface area contributed by atoms with Crippen molar-refractivity contribution < 1.29 is 28.9 Å². The first-order valence-electron chi connectivity index (χ1n) is 13.8. The number of aliphatic hydroxyl groups excluding tert-OH is 1. The van der Waals surface area contributed by atoms with Crippen molar-refractivity contribution in [1.29, 1.82) is 0 Å². The quantitative estimate of drug-likeness (QED) is 0.270. The summed E-state index contributed by atoms with van der Waals surface area (Å²) < 4.78 is 18.1. The number of hydrogen-bond acceptors (Lipinski definition) is 6. The van der Waals surface area contributed by atoms with E-state index < -0.39 is 5.41 Å². The normalized spacial score (nSPS) is 17.2. The standard InChI is InChI=1S/C30H43NO6/c1-4-6-15-35-23-18-22(30(29(31)34)13-7-8-14-30)19-24(20-23)36-16-9-17-37-27-12-11-25(21(3)32)28(33)26(27)10-5-2/h18-20,33H,4-17H2,1-3H3,(H2,31,34). The van der Waals surface area contributed by atoms with Crippen LogP contribution in [0.4, 0.5) is 0 Å². The summed E-state index contributed by atoms with van der Waals surface area (Å²) in [6, 6.07) is 5.75. The minimum absolute atomic E-state index is 0.0884. The van der Waals surface area contributed by atoms with Gasteiger partial charge < -0.3 is 25.1 Å². The number of aliphatic hydroxyl groups is 1. The molecule has 0 radical (unpaired) electrons. The summed E-state index contributed by atoms with van der Waals surface area (Å²) in [7, 11) is 0. The maximum Gasteiger partial charge on any atom is 0.228 e. The molecule has 204 valence electrons. The van der Waals surface area contributed by atoms with Gasteiger partial charge in [-0.3, -0.25) is 9.59 Å². The number of hydrogen-bond donors (Lipinski definition) is 2. The van der Waals surface area contributed by atoms with E-state index in [4.69, 9.17) is 19.9 Å². The second-order valence-electron chi connectivity index (χ2n) is 10.1. The molecular weight excluding hydrogens is 470 g/mol. The molecule has 0 spiro atoms. The smallest absolute Gasteiger partial charge is 0.228 e. The second-order valence-corrected chi connectivity index (χ2v) is 10.1. The van der Waals surface area contributed by atoms with Gasteiger partial charge in [-0.05, 0) is 56.7 Å². The van der Waals surface area contributed by atoms with Crippen LogP contribution in [0.1, 0.15) is 97.0 Å². The lowest BCUT2D eigenvalue weighted by Gasteiger charge is -2.27. The van der Waals surface area contributed by atoms with Crippen molar-refractivity contribution in [3.8, 4) is 11.5 Å². The van der Waals surface area contributed by atoms with Crippen LogP contribution in [-0.4, -0.2) is 36.6 Å². The zero-order valence-corrected chi connectivity index (χ0v) is 22.7. The number of benzene rings is 1. The van der Waals surface area contributed by atoms with Crippen molar-refractivity contribution in [3.05, 3.63) is 46.4 Å². The van der Waals surface area contributed by atoms with E-state index in [0.717, 1.165) is 61.8 Å². The van der Waals surface area contributed by atoms with Gasteiger partial charge in [0.15, 0.2) is 5.78 Å². The van der Waals surface area contributed by atoms with Crippen LogP contribution < -0.4 is 15.2 Å². The predicted octanol–water partition coefficient (Wildman–Crippen LogP) is 6.20. The van der Waals surface area contributed by atoms with Gasteiger partial charge in [0.1, 0.15) is 23.0 Å². The highest BCUT2D eigenvalue weighted by Crippen LogP contribution is 2.43. The molecule has 1 aromatic carbocycles. The molecule has 0 bridgehead atoms. The van der Waals surface area contributed by atoms with E-state index >= 15 is 0 Å². The van der Waals surface area contributed by atoms with Crippen LogP contribution in [0, 0.1) is 0 Å². The van der Waals surface area contributed by atoms with Gasteiger partial charge in [0, 0.05) is 30.1 Å². The maximum atomic E-state index is 12.5. The summed E-state index contributed by atoms with van der Waals surface area (Å²) in [5.41, 5.74) is 7.33. The topological polar surface area (TPSA) is 108 Å². The number of Topliss-reactive ketones (excluding diaryl/α,β-unsaturated/α-hetero) is 1. The van der Waals surface area contributed by atoms with Gasteiger partial charge in [-0.1, -0.05) is 39.5 Å². The number of carbonyl (C=O) groups excluding carboxylic acids is 2. The molecule has 1 amide bonds. The van der Waals surface area contributed by atoms with Gasteiger partial charge in [0.2, 0.25) is 5.91 Å². The lowest BCUT2D eigenvalue weighted by Crippen LogP contribution is -2.38. The number of nitrogens with two attached hydrogens (primary N) is 1. The molecule has 3 rings (SSSR count). The molecule has 0 aliphatic heterocycles. The molecule has 0 saturated heterocycles. The first-order valence-corrected chi connectivity index (χ1v) is 13.8. The first kappa shape index (κ1) is 28.6. The van der Waals surface area contributed by atoms with Crippen molar-refractivity contribution in [2.45, 2.75) is 96.8 Å². The average Bonchev–Trinajstić information content (AvgIpc) is 3.37. The molecule has 0 atom stereocenters. The number of primary amides is 1. The summed E-state index contributed by atoms with van der Waals surface area (Å²) >= 11 is 0. The van der Waals surface area contributed by atoms with E-state index in [-0.39, 0.29) is 17.4 Å². The van der Waals surface area contributed by atoms with Crippen molar-refractivity contribution in [2.24, 2.45) is 5.73 Å². The Labute approximate surface area is 221 Å². The molecule has 37 heavy (non-hydrogen) atoms. The Morgan fingerprint density at radius 3 is 2.11 bits per heavy atom. The van der Waals surface area contributed by atoms with Crippen LogP contribution in [0.5, 0.6) is 11.5 Å². The third-order valence-electron chi connectivity index (χ3n) is 7.40. The Morgan fingerprint density at radius 2 is 1.54 bits per heavy atom. The predicted molar refractivity (Wildman–Crippen MR) is 144 cm³/mol. The van der Waals surface area contributed by atoms with Crippen LogP contribution in [0.25, 0.3) is 0 Å². The number of ether oxygens (including phenoxy) is 3. The number of unbranched alkanes of at least 4 members (excludes halogenated alkanes) is 1. The first-order chi connectivity index (χ1) is 17.8. The Balaban J connectivity index is 1.66. The summed E-state index contributed by atoms with van der Waals surface area (Å²) in [5.74, 6) is 1.84. The molecule has 7 nitrogen and oxygen atoms in total. The van der Waals surface area contributed by atoms with Gasteiger partial charge in [-0.25, -0.2) is 0 Å². The molecule has 2 aliphatic carbocycles. The fourth-order valence-corrected chi connectivity index (χ4v) is 5.28. The summed E-state index contributed by atoms with van der Waals surface area (Å²) in [5, 5.41) is 10.6. The monoisotopic (exact) mass is 513 g/mol. The lowest BCUT2D eigenvalue weighted by molar-refractivity contribution is -0.123. The molecule has 1 aromatic rings. The second kappa shape index (κ2) is 13.5. The maximum absolute atomic E-state index is 12.5. The minimum Gasteiger partial charge on any atom is -0.507 e. The number of ketones is 1. The largest absolute Gasteiger partial charge is 0.507 e. The number of allylic oxidation sites excluding steroid dienone is 3. The number of amides is 1. The highest BCUT2D eigenvalue weighted by Gasteiger charge is 2.41. The minimum atomic E-state index is -0.664. The van der Waals surface area contributed by atoms with Gasteiger partial charge in [-0.2, -0.15) is 0 Å². The highest BCUT2D eigenvalue weighted by atomic mass is 16.5. The molecule has 0 heterocycles. The van der Waals surface area contributed by atoms with E-state index in [9.17, 15) is 14.7 Å². The van der Waals surface area contributed by atoms with Gasteiger partial charge in [0.25, 0.3) is 0 Å². The zero-order chi connectivity index (χ0) is 26.8. The molecule has 0 aromatic heterocycles. The van der Waals surface area contributed by atoms with Crippen molar-refractivity contribution in [3.63, 3.8) is 0 Å². The van der Waals surface area contributed by atoms with Crippen LogP contribution in [-0.2, 0) is 19.7 Å². The Kier molecular flexibility index (Phi) is 10.5. The number of rotatable bonds is 15. The summed E-state index contributed by atoms with van der Waals surface area (Å²) in [6.07, 6.45) is 8.71. The molecule has 1 fully saturated rings. The average molecular weight is 514 g/mol. The molecule has 3 N–H and O–H groups in total. The fraction of sp³-hybridized carbons (Fsp3) is 0.600. The van der Waals surface area contributed by atoms with E-state index in [1.807, 2.05) is 25.1 Å². The van der Waals surface area contributed by atoms with Gasteiger partial charge >= 0.3 is 0 Å². The molecule has 1 saturated carbocycles. The van der Waals surface area contributed by atoms with Crippen molar-refractivity contribution >= 4 is 11.7 Å². The Bertz CT molecular complexity index is 1020. The SMILES string of the molecule is CCCCOc1cc(OCCCOC2=C(CCC)C(O)=C(C(C)=O)CC2)cc(C2(C(N)=O)CCCC2)c1. The number of carbonyl (C=O) groups is 2. The molecular formula is C30H43NO6.